The molecule has 2 heterocycles. The molecule has 8 heteroatoms. The van der Waals surface area contributed by atoms with E-state index < -0.39 is 17.5 Å². The predicted molar refractivity (Wildman–Crippen MR) is 98.7 cm³/mol. The minimum atomic E-state index is -0.807. The Balaban J connectivity index is 1.43. The van der Waals surface area contributed by atoms with Crippen molar-refractivity contribution in [3.05, 3.63) is 0 Å². The van der Waals surface area contributed by atoms with Gasteiger partial charge in [0.15, 0.2) is 0 Å². The number of likely N-dealkylation sites (tertiary alicyclic amines) is 1. The number of hydrogen-bond acceptors (Lipinski definition) is 4. The summed E-state index contributed by atoms with van der Waals surface area (Å²) in [5.41, 5.74) is -0.807. The van der Waals surface area contributed by atoms with Crippen LogP contribution in [0.1, 0.15) is 64.2 Å². The fraction of sp³-hybridized carbons (Fsp3) is 0.789. The monoisotopic (exact) mass is 378 g/mol. The summed E-state index contributed by atoms with van der Waals surface area (Å²) in [6, 6.07) is -0.488. The number of urea groups is 1. The average molecular weight is 378 g/mol. The molecule has 1 saturated carbocycles. The molecule has 3 rings (SSSR count). The average Bonchev–Trinajstić information content (AvgIpc) is 2.87. The molecule has 0 atom stereocenters. The van der Waals surface area contributed by atoms with Crippen LogP contribution in [0.3, 0.4) is 0 Å². The molecule has 2 saturated heterocycles. The zero-order valence-electron chi connectivity index (χ0n) is 15.9. The molecule has 3 fully saturated rings. The first-order chi connectivity index (χ1) is 13.0. The van der Waals surface area contributed by atoms with Gasteiger partial charge in [-0.05, 0) is 25.7 Å². The zero-order valence-corrected chi connectivity index (χ0v) is 15.9. The van der Waals surface area contributed by atoms with E-state index in [1.807, 2.05) is 4.90 Å². The van der Waals surface area contributed by atoms with Gasteiger partial charge in [0.25, 0.3) is 5.91 Å². The molecule has 8 nitrogen and oxygen atoms in total. The topological polar surface area (TPSA) is 98.8 Å². The highest BCUT2D eigenvalue weighted by Crippen LogP contribution is 2.33. The summed E-state index contributed by atoms with van der Waals surface area (Å²) in [5.74, 6) is -0.647. The van der Waals surface area contributed by atoms with E-state index in [0.717, 1.165) is 62.9 Å². The van der Waals surface area contributed by atoms with Crippen molar-refractivity contribution < 1.29 is 19.2 Å². The lowest BCUT2D eigenvalue weighted by Crippen LogP contribution is -2.49. The number of nitrogens with one attached hydrogen (secondary N) is 2. The Labute approximate surface area is 160 Å². The molecule has 0 aromatic rings. The van der Waals surface area contributed by atoms with Crippen LogP contribution in [0.15, 0.2) is 0 Å². The van der Waals surface area contributed by atoms with E-state index in [1.165, 1.54) is 0 Å². The SMILES string of the molecule is O=C(CN1C(=O)NC2(CCCCC2)C1=O)NCCC(=O)N1CCCCCC1. The van der Waals surface area contributed by atoms with Gasteiger partial charge in [0.1, 0.15) is 12.1 Å². The molecule has 1 spiro atoms. The number of hydrogen-bond donors (Lipinski definition) is 2. The van der Waals surface area contributed by atoms with Crippen LogP contribution in [0, 0.1) is 0 Å². The van der Waals surface area contributed by atoms with Crippen molar-refractivity contribution >= 4 is 23.8 Å². The summed E-state index contributed by atoms with van der Waals surface area (Å²) in [4.78, 5) is 52.1. The number of amides is 5. The highest BCUT2D eigenvalue weighted by molar-refractivity contribution is 6.09. The maximum absolute atomic E-state index is 12.7. The molecule has 27 heavy (non-hydrogen) atoms. The zero-order chi connectivity index (χ0) is 19.3. The van der Waals surface area contributed by atoms with Gasteiger partial charge in [-0.2, -0.15) is 0 Å². The van der Waals surface area contributed by atoms with E-state index in [9.17, 15) is 19.2 Å². The molecule has 0 radical (unpaired) electrons. The van der Waals surface area contributed by atoms with E-state index in [2.05, 4.69) is 10.6 Å². The second-order valence-electron chi connectivity index (χ2n) is 7.86. The molecule has 2 aliphatic heterocycles. The van der Waals surface area contributed by atoms with Crippen LogP contribution >= 0.6 is 0 Å². The third kappa shape index (κ3) is 4.59. The predicted octanol–water partition coefficient (Wildman–Crippen LogP) is 1.15. The van der Waals surface area contributed by atoms with Gasteiger partial charge < -0.3 is 15.5 Å². The summed E-state index contributed by atoms with van der Waals surface area (Å²) in [7, 11) is 0. The van der Waals surface area contributed by atoms with Crippen LogP contribution in [0.4, 0.5) is 4.79 Å². The van der Waals surface area contributed by atoms with Crippen LogP contribution in [-0.4, -0.2) is 65.3 Å². The fourth-order valence-corrected chi connectivity index (χ4v) is 4.30. The molecular weight excluding hydrogens is 348 g/mol. The van der Waals surface area contributed by atoms with Gasteiger partial charge >= 0.3 is 6.03 Å². The highest BCUT2D eigenvalue weighted by Gasteiger charge is 2.51. The van der Waals surface area contributed by atoms with Gasteiger partial charge in [-0.3, -0.25) is 19.3 Å². The van der Waals surface area contributed by atoms with Gasteiger partial charge in [0.05, 0.1) is 0 Å². The number of carbonyl (C=O) groups excluding carboxylic acids is 4. The van der Waals surface area contributed by atoms with Gasteiger partial charge in [-0.25, -0.2) is 4.79 Å². The second kappa shape index (κ2) is 8.71. The minimum absolute atomic E-state index is 0.0494. The van der Waals surface area contributed by atoms with Crippen LogP contribution in [-0.2, 0) is 14.4 Å². The summed E-state index contributed by atoms with van der Waals surface area (Å²) in [6.45, 7) is 1.52. The molecule has 0 unspecified atom stereocenters. The van der Waals surface area contributed by atoms with Crippen molar-refractivity contribution in [1.29, 1.82) is 0 Å². The molecule has 0 aromatic heterocycles. The van der Waals surface area contributed by atoms with Crippen molar-refractivity contribution in [1.82, 2.24) is 20.4 Å². The van der Waals surface area contributed by atoms with Gasteiger partial charge in [-0.1, -0.05) is 32.1 Å². The van der Waals surface area contributed by atoms with Crippen LogP contribution in [0.2, 0.25) is 0 Å². The van der Waals surface area contributed by atoms with Crippen molar-refractivity contribution in [2.45, 2.75) is 69.7 Å². The largest absolute Gasteiger partial charge is 0.354 e. The Hall–Kier alpha value is -2.12. The number of rotatable bonds is 5. The molecule has 2 N–H and O–H groups in total. The second-order valence-corrected chi connectivity index (χ2v) is 7.86. The van der Waals surface area contributed by atoms with Gasteiger partial charge in [0.2, 0.25) is 11.8 Å². The van der Waals surface area contributed by atoms with Crippen molar-refractivity contribution in [3.63, 3.8) is 0 Å². The molecule has 0 aromatic carbocycles. The van der Waals surface area contributed by atoms with E-state index in [-0.39, 0.29) is 31.3 Å². The fourth-order valence-electron chi connectivity index (χ4n) is 4.30. The third-order valence-electron chi connectivity index (χ3n) is 5.87. The maximum Gasteiger partial charge on any atom is 0.325 e. The third-order valence-corrected chi connectivity index (χ3v) is 5.87. The smallest absolute Gasteiger partial charge is 0.325 e. The first-order valence-corrected chi connectivity index (χ1v) is 10.2. The van der Waals surface area contributed by atoms with Crippen molar-refractivity contribution in [2.75, 3.05) is 26.2 Å². The summed E-state index contributed by atoms with van der Waals surface area (Å²) >= 11 is 0. The quantitative estimate of drug-likeness (QED) is 0.701. The lowest BCUT2D eigenvalue weighted by Gasteiger charge is -2.30. The van der Waals surface area contributed by atoms with E-state index in [1.54, 1.807) is 0 Å². The summed E-state index contributed by atoms with van der Waals surface area (Å²) in [6.07, 6.45) is 8.79. The molecular formula is C19H30N4O4. The Morgan fingerprint density at radius 2 is 1.59 bits per heavy atom. The van der Waals surface area contributed by atoms with Crippen LogP contribution in [0.5, 0.6) is 0 Å². The lowest BCUT2D eigenvalue weighted by molar-refractivity contribution is -0.136. The number of imide groups is 1. The Bertz CT molecular complexity index is 593. The summed E-state index contributed by atoms with van der Waals surface area (Å²) in [5, 5.41) is 5.46. The Morgan fingerprint density at radius 3 is 2.26 bits per heavy atom. The molecule has 5 amide bonds. The summed E-state index contributed by atoms with van der Waals surface area (Å²) < 4.78 is 0. The molecule has 1 aliphatic carbocycles. The van der Waals surface area contributed by atoms with Crippen molar-refractivity contribution in [3.8, 4) is 0 Å². The van der Waals surface area contributed by atoms with Gasteiger partial charge in [-0.15, -0.1) is 0 Å². The Morgan fingerprint density at radius 1 is 0.963 bits per heavy atom. The maximum atomic E-state index is 12.7. The molecule has 0 bridgehead atoms. The number of carbonyl (C=O) groups is 4. The Kier molecular flexibility index (Phi) is 6.34. The molecule has 150 valence electrons. The molecule has 3 aliphatic rings. The van der Waals surface area contributed by atoms with Crippen LogP contribution in [0.25, 0.3) is 0 Å². The first kappa shape index (κ1) is 19.6. The lowest BCUT2D eigenvalue weighted by atomic mass is 9.82. The normalized spacial score (nSPS) is 22.5. The van der Waals surface area contributed by atoms with E-state index in [0.29, 0.717) is 12.8 Å². The van der Waals surface area contributed by atoms with E-state index in [4.69, 9.17) is 0 Å². The van der Waals surface area contributed by atoms with E-state index >= 15 is 0 Å². The van der Waals surface area contributed by atoms with Crippen LogP contribution < -0.4 is 10.6 Å². The minimum Gasteiger partial charge on any atom is -0.354 e. The van der Waals surface area contributed by atoms with Gasteiger partial charge in [0, 0.05) is 26.1 Å². The highest BCUT2D eigenvalue weighted by atomic mass is 16.2. The standard InChI is InChI=1S/C19H30N4O4/c24-15(20-11-8-16(25)22-12-6-1-2-7-13-22)14-23-17(26)19(21-18(23)27)9-4-3-5-10-19/h1-14H2,(H,20,24)(H,21,27). The number of nitrogens with zero attached hydrogens (tertiary/aromatic N) is 2. The van der Waals surface area contributed by atoms with Crippen molar-refractivity contribution in [2.24, 2.45) is 0 Å². The first-order valence-electron chi connectivity index (χ1n) is 10.2.